The first-order valence-corrected chi connectivity index (χ1v) is 7.31. The first kappa shape index (κ1) is 17.9. The Hall–Kier alpha value is -3.49. The lowest BCUT2D eigenvalue weighted by molar-refractivity contribution is 0.270. The van der Waals surface area contributed by atoms with E-state index in [0.29, 0.717) is 17.1 Å². The van der Waals surface area contributed by atoms with Gasteiger partial charge in [-0.25, -0.2) is 4.68 Å². The number of aliphatic hydroxyl groups is 1. The Morgan fingerprint density at radius 2 is 2.04 bits per heavy atom. The molecule has 8 nitrogen and oxygen atoms in total. The molecule has 0 amide bonds. The zero-order valence-electron chi connectivity index (χ0n) is 13.9. The van der Waals surface area contributed by atoms with E-state index in [2.05, 4.69) is 5.10 Å². The van der Waals surface area contributed by atoms with Crippen LogP contribution >= 0.6 is 0 Å². The normalized spacial score (nSPS) is 10.8. The highest BCUT2D eigenvalue weighted by Gasteiger charge is 2.19. The van der Waals surface area contributed by atoms with Gasteiger partial charge in [0.15, 0.2) is 11.5 Å². The van der Waals surface area contributed by atoms with Crippen molar-refractivity contribution in [2.24, 2.45) is 0 Å². The number of nitrogens with two attached hydrogens (primary N) is 1. The number of benzene rings is 1. The summed E-state index contributed by atoms with van der Waals surface area (Å²) in [5, 5.41) is 32.0. The van der Waals surface area contributed by atoms with Crippen molar-refractivity contribution in [3.8, 4) is 23.6 Å². The molecule has 0 spiro atoms. The molecule has 2 aromatic rings. The molecule has 1 aromatic heterocycles. The van der Waals surface area contributed by atoms with Crippen LogP contribution in [0.3, 0.4) is 0 Å². The van der Waals surface area contributed by atoms with Crippen LogP contribution in [-0.2, 0) is 6.54 Å². The van der Waals surface area contributed by atoms with Gasteiger partial charge in [-0.05, 0) is 23.8 Å². The number of allylic oxidation sites excluding steroid dienone is 1. The molecule has 0 saturated heterocycles. The van der Waals surface area contributed by atoms with Crippen molar-refractivity contribution in [1.82, 2.24) is 9.78 Å². The van der Waals surface area contributed by atoms with E-state index in [-0.39, 0.29) is 35.8 Å². The molecule has 25 heavy (non-hydrogen) atoms. The van der Waals surface area contributed by atoms with E-state index in [1.54, 1.807) is 24.3 Å². The molecular formula is C17H17N5O3. The van der Waals surface area contributed by atoms with E-state index in [4.69, 9.17) is 20.3 Å². The molecule has 0 aliphatic carbocycles. The largest absolute Gasteiger partial charge is 0.493 e. The summed E-state index contributed by atoms with van der Waals surface area (Å²) in [6.07, 6.45) is 1.58. The smallest absolute Gasteiger partial charge is 0.161 e. The molecule has 8 heteroatoms. The molecule has 0 bridgehead atoms. The molecular weight excluding hydrogens is 322 g/mol. The summed E-state index contributed by atoms with van der Waals surface area (Å²) in [5.41, 5.74) is 6.98. The summed E-state index contributed by atoms with van der Waals surface area (Å²) in [7, 11) is 3.05. The number of hydrogen-bond acceptors (Lipinski definition) is 7. The number of aliphatic hydroxyl groups excluding tert-OH is 1. The van der Waals surface area contributed by atoms with Crippen molar-refractivity contribution < 1.29 is 14.6 Å². The van der Waals surface area contributed by atoms with Crippen LogP contribution in [0.2, 0.25) is 0 Å². The number of aromatic nitrogens is 2. The molecule has 3 N–H and O–H groups in total. The van der Waals surface area contributed by atoms with Crippen molar-refractivity contribution in [3.63, 3.8) is 0 Å². The SMILES string of the molecule is COc1ccc(C=C(C#N)c2nn(CCO)c(N)c2C#N)cc1OC. The zero-order chi connectivity index (χ0) is 18.4. The van der Waals surface area contributed by atoms with Gasteiger partial charge in [-0.2, -0.15) is 15.6 Å². The Kier molecular flexibility index (Phi) is 5.62. The van der Waals surface area contributed by atoms with Crippen molar-refractivity contribution >= 4 is 17.5 Å². The highest BCUT2D eigenvalue weighted by atomic mass is 16.5. The van der Waals surface area contributed by atoms with Gasteiger partial charge in [-0.1, -0.05) is 6.07 Å². The minimum absolute atomic E-state index is 0.0988. The maximum Gasteiger partial charge on any atom is 0.161 e. The zero-order valence-corrected chi connectivity index (χ0v) is 13.9. The standard InChI is InChI=1S/C17H17N5O3/c1-24-14-4-3-11(8-15(14)25-2)7-12(9-18)16-13(10-19)17(20)22(21-16)5-6-23/h3-4,7-8,23H,5-6,20H2,1-2H3. The van der Waals surface area contributed by atoms with Gasteiger partial charge in [0.1, 0.15) is 29.2 Å². The fraction of sp³-hybridized carbons (Fsp3) is 0.235. The van der Waals surface area contributed by atoms with E-state index < -0.39 is 0 Å². The Bertz CT molecular complexity index is 887. The second-order valence-electron chi connectivity index (χ2n) is 4.95. The fourth-order valence-corrected chi connectivity index (χ4v) is 2.30. The second kappa shape index (κ2) is 7.86. The third-order valence-electron chi connectivity index (χ3n) is 3.51. The molecule has 0 unspecified atom stereocenters. The molecule has 1 heterocycles. The lowest BCUT2D eigenvalue weighted by atomic mass is 10.1. The lowest BCUT2D eigenvalue weighted by Gasteiger charge is -2.07. The van der Waals surface area contributed by atoms with Crippen LogP contribution in [0.5, 0.6) is 11.5 Å². The van der Waals surface area contributed by atoms with Crippen molar-refractivity contribution in [2.75, 3.05) is 26.6 Å². The minimum Gasteiger partial charge on any atom is -0.493 e. The molecule has 1 aromatic carbocycles. The average Bonchev–Trinajstić information content (AvgIpc) is 2.95. The summed E-state index contributed by atoms with van der Waals surface area (Å²) in [4.78, 5) is 0. The van der Waals surface area contributed by atoms with Crippen LogP contribution in [-0.4, -0.2) is 35.7 Å². The number of nitrogens with zero attached hydrogens (tertiary/aromatic N) is 4. The van der Waals surface area contributed by atoms with Crippen LogP contribution < -0.4 is 15.2 Å². The lowest BCUT2D eigenvalue weighted by Crippen LogP contribution is -2.07. The van der Waals surface area contributed by atoms with Gasteiger partial charge in [0.05, 0.1) is 32.9 Å². The van der Waals surface area contributed by atoms with Crippen molar-refractivity contribution in [1.29, 1.82) is 10.5 Å². The summed E-state index contributed by atoms with van der Waals surface area (Å²) >= 11 is 0. The molecule has 0 aliphatic rings. The van der Waals surface area contributed by atoms with Gasteiger partial charge < -0.3 is 20.3 Å². The predicted molar refractivity (Wildman–Crippen MR) is 91.5 cm³/mol. The van der Waals surface area contributed by atoms with Crippen LogP contribution in [0.1, 0.15) is 16.8 Å². The number of anilines is 1. The van der Waals surface area contributed by atoms with Crippen LogP contribution in [0, 0.1) is 22.7 Å². The van der Waals surface area contributed by atoms with Gasteiger partial charge >= 0.3 is 0 Å². The Morgan fingerprint density at radius 3 is 2.60 bits per heavy atom. The molecule has 2 rings (SSSR count). The van der Waals surface area contributed by atoms with Gasteiger partial charge in [0.2, 0.25) is 0 Å². The van der Waals surface area contributed by atoms with Gasteiger partial charge in [0.25, 0.3) is 0 Å². The van der Waals surface area contributed by atoms with Gasteiger partial charge in [0, 0.05) is 0 Å². The van der Waals surface area contributed by atoms with Crippen molar-refractivity contribution in [2.45, 2.75) is 6.54 Å². The third kappa shape index (κ3) is 3.55. The second-order valence-corrected chi connectivity index (χ2v) is 4.95. The van der Waals surface area contributed by atoms with E-state index in [1.165, 1.54) is 18.9 Å². The molecule has 0 aliphatic heterocycles. The number of rotatable bonds is 6. The number of methoxy groups -OCH3 is 2. The quantitative estimate of drug-likeness (QED) is 0.761. The molecule has 0 atom stereocenters. The summed E-state index contributed by atoms with van der Waals surface area (Å²) in [5.74, 6) is 1.19. The maximum atomic E-state index is 9.49. The molecule has 0 saturated carbocycles. The fourth-order valence-electron chi connectivity index (χ4n) is 2.30. The first-order valence-electron chi connectivity index (χ1n) is 7.31. The highest BCUT2D eigenvalue weighted by molar-refractivity contribution is 5.91. The molecule has 0 fully saturated rings. The van der Waals surface area contributed by atoms with E-state index in [9.17, 15) is 10.5 Å². The first-order chi connectivity index (χ1) is 12.1. The van der Waals surface area contributed by atoms with Crippen molar-refractivity contribution in [3.05, 3.63) is 35.0 Å². The topological polar surface area (TPSA) is 130 Å². The minimum atomic E-state index is -0.183. The van der Waals surface area contributed by atoms with E-state index in [0.717, 1.165) is 0 Å². The molecule has 0 radical (unpaired) electrons. The Labute approximate surface area is 144 Å². The van der Waals surface area contributed by atoms with Crippen LogP contribution in [0.4, 0.5) is 5.82 Å². The number of ether oxygens (including phenoxy) is 2. The summed E-state index contributed by atoms with van der Waals surface area (Å²) < 4.78 is 11.7. The van der Waals surface area contributed by atoms with Gasteiger partial charge in [-0.15, -0.1) is 0 Å². The van der Waals surface area contributed by atoms with Crippen LogP contribution in [0.15, 0.2) is 18.2 Å². The van der Waals surface area contributed by atoms with E-state index in [1.807, 2.05) is 12.1 Å². The van der Waals surface area contributed by atoms with E-state index >= 15 is 0 Å². The number of hydrogen-bond donors (Lipinski definition) is 2. The Balaban J connectivity index is 2.54. The highest BCUT2D eigenvalue weighted by Crippen LogP contribution is 2.30. The number of nitriles is 2. The molecule has 128 valence electrons. The monoisotopic (exact) mass is 339 g/mol. The summed E-state index contributed by atoms with van der Waals surface area (Å²) in [6, 6.07) is 9.16. The van der Waals surface area contributed by atoms with Gasteiger partial charge in [-0.3, -0.25) is 0 Å². The average molecular weight is 339 g/mol. The maximum absolute atomic E-state index is 9.49. The van der Waals surface area contributed by atoms with Crippen LogP contribution in [0.25, 0.3) is 11.6 Å². The number of nitrogen functional groups attached to an aromatic ring is 1. The predicted octanol–water partition coefficient (Wildman–Crippen LogP) is 1.41. The third-order valence-corrected chi connectivity index (χ3v) is 3.51. The summed E-state index contributed by atoms with van der Waals surface area (Å²) in [6.45, 7) is -0.0486. The Morgan fingerprint density at radius 1 is 1.32 bits per heavy atom.